The minimum absolute atomic E-state index is 0.0782. The molecule has 0 aliphatic heterocycles. The lowest BCUT2D eigenvalue weighted by Gasteiger charge is -2.08. The molecular weight excluding hydrogens is 198 g/mol. The molecule has 0 radical (unpaired) electrons. The van der Waals surface area contributed by atoms with Gasteiger partial charge in [0.05, 0.1) is 11.4 Å². The SMILES string of the molecule is Cc1cc(C)n(-c2ccc([C@@H](C)N)cc2)n1. The summed E-state index contributed by atoms with van der Waals surface area (Å²) < 4.78 is 1.94. The Hall–Kier alpha value is -1.61. The molecule has 1 atom stereocenters. The van der Waals surface area contributed by atoms with Crippen molar-refractivity contribution in [1.29, 1.82) is 0 Å². The molecule has 84 valence electrons. The Morgan fingerprint density at radius 3 is 2.25 bits per heavy atom. The average Bonchev–Trinajstić information content (AvgIpc) is 2.58. The Morgan fingerprint density at radius 2 is 1.81 bits per heavy atom. The van der Waals surface area contributed by atoms with Crippen molar-refractivity contribution in [3.63, 3.8) is 0 Å². The standard InChI is InChI=1S/C13H17N3/c1-9-8-10(2)16(15-9)13-6-4-12(5-7-13)11(3)14/h4-8,11H,14H2,1-3H3/t11-/m1/s1. The lowest BCUT2D eigenvalue weighted by Crippen LogP contribution is -2.05. The second-order valence-electron chi connectivity index (χ2n) is 4.22. The maximum Gasteiger partial charge on any atom is 0.0648 e. The number of nitrogens with zero attached hydrogens (tertiary/aromatic N) is 2. The van der Waals surface area contributed by atoms with E-state index >= 15 is 0 Å². The van der Waals surface area contributed by atoms with Crippen molar-refractivity contribution < 1.29 is 0 Å². The molecule has 3 heteroatoms. The molecule has 16 heavy (non-hydrogen) atoms. The maximum atomic E-state index is 5.81. The van der Waals surface area contributed by atoms with Crippen molar-refractivity contribution in [2.75, 3.05) is 0 Å². The number of nitrogens with two attached hydrogens (primary N) is 1. The first-order chi connectivity index (χ1) is 7.58. The van der Waals surface area contributed by atoms with Crippen LogP contribution in [0.25, 0.3) is 5.69 Å². The number of hydrogen-bond acceptors (Lipinski definition) is 2. The predicted molar refractivity (Wildman–Crippen MR) is 65.6 cm³/mol. The van der Waals surface area contributed by atoms with Crippen molar-refractivity contribution in [2.45, 2.75) is 26.8 Å². The lowest BCUT2D eigenvalue weighted by molar-refractivity contribution is 0.808. The number of aryl methyl sites for hydroxylation is 2. The molecule has 0 amide bonds. The van der Waals surface area contributed by atoms with E-state index in [1.807, 2.05) is 18.5 Å². The van der Waals surface area contributed by atoms with E-state index in [0.29, 0.717) is 0 Å². The average molecular weight is 215 g/mol. The summed E-state index contributed by atoms with van der Waals surface area (Å²) in [5, 5.41) is 4.44. The van der Waals surface area contributed by atoms with Crippen LogP contribution < -0.4 is 5.73 Å². The van der Waals surface area contributed by atoms with Gasteiger partial charge < -0.3 is 5.73 Å². The van der Waals surface area contributed by atoms with E-state index < -0.39 is 0 Å². The van der Waals surface area contributed by atoms with Crippen LogP contribution in [-0.4, -0.2) is 9.78 Å². The highest BCUT2D eigenvalue weighted by atomic mass is 15.3. The highest BCUT2D eigenvalue weighted by Gasteiger charge is 2.04. The molecule has 0 saturated carbocycles. The van der Waals surface area contributed by atoms with Gasteiger partial charge in [-0.3, -0.25) is 0 Å². The van der Waals surface area contributed by atoms with Gasteiger partial charge in [0.1, 0.15) is 0 Å². The highest BCUT2D eigenvalue weighted by Crippen LogP contribution is 2.15. The normalized spacial score (nSPS) is 12.8. The van der Waals surface area contributed by atoms with Crippen LogP contribution in [0.4, 0.5) is 0 Å². The summed E-state index contributed by atoms with van der Waals surface area (Å²) in [5.41, 5.74) is 10.2. The second kappa shape index (κ2) is 4.10. The Balaban J connectivity index is 2.38. The zero-order valence-corrected chi connectivity index (χ0v) is 9.94. The summed E-state index contributed by atoms with van der Waals surface area (Å²) in [6, 6.07) is 10.4. The largest absolute Gasteiger partial charge is 0.324 e. The molecule has 3 nitrogen and oxygen atoms in total. The van der Waals surface area contributed by atoms with Crippen LogP contribution in [0, 0.1) is 13.8 Å². The molecular formula is C13H17N3. The third-order valence-electron chi connectivity index (χ3n) is 2.67. The van der Waals surface area contributed by atoms with Crippen LogP contribution in [0.1, 0.15) is 29.9 Å². The summed E-state index contributed by atoms with van der Waals surface area (Å²) in [4.78, 5) is 0. The van der Waals surface area contributed by atoms with E-state index in [0.717, 1.165) is 22.6 Å². The van der Waals surface area contributed by atoms with Crippen LogP contribution >= 0.6 is 0 Å². The van der Waals surface area contributed by atoms with Crippen molar-refractivity contribution in [3.8, 4) is 5.69 Å². The molecule has 1 aromatic heterocycles. The van der Waals surface area contributed by atoms with Crippen LogP contribution in [0.15, 0.2) is 30.3 Å². The molecule has 2 aromatic rings. The van der Waals surface area contributed by atoms with Gasteiger partial charge >= 0.3 is 0 Å². The summed E-state index contributed by atoms with van der Waals surface area (Å²) in [6.45, 7) is 6.04. The lowest BCUT2D eigenvalue weighted by atomic mass is 10.1. The molecule has 0 unspecified atom stereocenters. The second-order valence-corrected chi connectivity index (χ2v) is 4.22. The summed E-state index contributed by atoms with van der Waals surface area (Å²) >= 11 is 0. The highest BCUT2D eigenvalue weighted by molar-refractivity contribution is 5.36. The minimum Gasteiger partial charge on any atom is -0.324 e. The van der Waals surface area contributed by atoms with Crippen molar-refractivity contribution in [3.05, 3.63) is 47.3 Å². The van der Waals surface area contributed by atoms with Gasteiger partial charge in [0.25, 0.3) is 0 Å². The van der Waals surface area contributed by atoms with Gasteiger partial charge in [-0.1, -0.05) is 12.1 Å². The third-order valence-corrected chi connectivity index (χ3v) is 2.67. The first-order valence-electron chi connectivity index (χ1n) is 5.47. The first-order valence-corrected chi connectivity index (χ1v) is 5.47. The molecule has 0 fully saturated rings. The van der Waals surface area contributed by atoms with Gasteiger partial charge in [0.2, 0.25) is 0 Å². The van der Waals surface area contributed by atoms with E-state index in [9.17, 15) is 0 Å². The quantitative estimate of drug-likeness (QED) is 0.836. The summed E-state index contributed by atoms with van der Waals surface area (Å²) in [7, 11) is 0. The van der Waals surface area contributed by atoms with Crippen LogP contribution in [0.2, 0.25) is 0 Å². The van der Waals surface area contributed by atoms with Crippen molar-refractivity contribution in [2.24, 2.45) is 5.73 Å². The number of rotatable bonds is 2. The van der Waals surface area contributed by atoms with Crippen LogP contribution in [0.5, 0.6) is 0 Å². The van der Waals surface area contributed by atoms with Gasteiger partial charge in [-0.2, -0.15) is 5.10 Å². The molecule has 2 N–H and O–H groups in total. The fourth-order valence-electron chi connectivity index (χ4n) is 1.81. The Labute approximate surface area is 95.9 Å². The summed E-state index contributed by atoms with van der Waals surface area (Å²) in [5.74, 6) is 0. The van der Waals surface area contributed by atoms with Gasteiger partial charge in [-0.05, 0) is 44.5 Å². The Morgan fingerprint density at radius 1 is 1.19 bits per heavy atom. The molecule has 2 rings (SSSR count). The monoisotopic (exact) mass is 215 g/mol. The van der Waals surface area contributed by atoms with Gasteiger partial charge in [0, 0.05) is 11.7 Å². The van der Waals surface area contributed by atoms with E-state index in [-0.39, 0.29) is 6.04 Å². The molecule has 0 spiro atoms. The molecule has 0 aliphatic rings. The van der Waals surface area contributed by atoms with Crippen LogP contribution in [0.3, 0.4) is 0 Å². The fraction of sp³-hybridized carbons (Fsp3) is 0.308. The summed E-state index contributed by atoms with van der Waals surface area (Å²) in [6.07, 6.45) is 0. The number of benzene rings is 1. The van der Waals surface area contributed by atoms with Gasteiger partial charge in [-0.15, -0.1) is 0 Å². The molecule has 0 saturated heterocycles. The van der Waals surface area contributed by atoms with Crippen molar-refractivity contribution >= 4 is 0 Å². The molecule has 1 aromatic carbocycles. The van der Waals surface area contributed by atoms with E-state index in [1.165, 1.54) is 0 Å². The van der Waals surface area contributed by atoms with Crippen molar-refractivity contribution in [1.82, 2.24) is 9.78 Å². The molecule has 1 heterocycles. The zero-order chi connectivity index (χ0) is 11.7. The van der Waals surface area contributed by atoms with Crippen LogP contribution in [-0.2, 0) is 0 Å². The van der Waals surface area contributed by atoms with E-state index in [1.54, 1.807) is 0 Å². The Kier molecular flexibility index (Phi) is 2.79. The fourth-order valence-corrected chi connectivity index (χ4v) is 1.81. The van der Waals surface area contributed by atoms with E-state index in [4.69, 9.17) is 5.73 Å². The molecule has 0 aliphatic carbocycles. The maximum absolute atomic E-state index is 5.81. The zero-order valence-electron chi connectivity index (χ0n) is 9.94. The molecule has 0 bridgehead atoms. The first kappa shape index (κ1) is 10.9. The minimum atomic E-state index is 0.0782. The smallest absolute Gasteiger partial charge is 0.0648 e. The topological polar surface area (TPSA) is 43.8 Å². The van der Waals surface area contributed by atoms with E-state index in [2.05, 4.69) is 42.4 Å². The Bertz CT molecular complexity index is 480. The number of hydrogen-bond donors (Lipinski definition) is 1. The predicted octanol–water partition coefficient (Wildman–Crippen LogP) is 2.51. The third kappa shape index (κ3) is 1.99. The number of aromatic nitrogens is 2. The van der Waals surface area contributed by atoms with Gasteiger partial charge in [0.15, 0.2) is 0 Å². The van der Waals surface area contributed by atoms with Gasteiger partial charge in [-0.25, -0.2) is 4.68 Å².